The highest BCUT2D eigenvalue weighted by Crippen LogP contribution is 2.26. The molecule has 164 valence electrons. The maximum Gasteiger partial charge on any atom is 0.261 e. The van der Waals surface area contributed by atoms with E-state index in [9.17, 15) is 9.59 Å². The first-order valence-electron chi connectivity index (χ1n) is 10.6. The van der Waals surface area contributed by atoms with E-state index in [1.165, 1.54) is 16.7 Å². The Morgan fingerprint density at radius 3 is 2.22 bits per heavy atom. The molecule has 1 aromatic heterocycles. The predicted molar refractivity (Wildman–Crippen MR) is 121 cm³/mol. The van der Waals surface area contributed by atoms with Crippen molar-refractivity contribution in [3.05, 3.63) is 71.3 Å². The molecule has 3 aromatic rings. The molecule has 2 aliphatic rings. The van der Waals surface area contributed by atoms with Crippen LogP contribution in [0.15, 0.2) is 59.8 Å². The van der Waals surface area contributed by atoms with Crippen LogP contribution in [-0.2, 0) is 11.3 Å². The molecule has 8 nitrogen and oxygen atoms in total. The van der Waals surface area contributed by atoms with E-state index in [1.807, 2.05) is 18.2 Å². The van der Waals surface area contributed by atoms with Crippen LogP contribution in [0.5, 0.6) is 0 Å². The summed E-state index contributed by atoms with van der Waals surface area (Å²) in [4.78, 5) is 28.7. The number of carbonyl (C=O) groups excluding carboxylic acids is 2. The van der Waals surface area contributed by atoms with Gasteiger partial charge in [0.25, 0.3) is 11.8 Å². The van der Waals surface area contributed by atoms with E-state index in [-0.39, 0.29) is 11.8 Å². The number of thioether (sulfide) groups is 1. The van der Waals surface area contributed by atoms with Crippen LogP contribution in [0.25, 0.3) is 0 Å². The fourth-order valence-corrected chi connectivity index (χ4v) is 4.82. The van der Waals surface area contributed by atoms with Gasteiger partial charge in [0, 0.05) is 25.4 Å². The van der Waals surface area contributed by atoms with Gasteiger partial charge in [-0.1, -0.05) is 54.2 Å². The molecule has 2 aliphatic heterocycles. The Balaban J connectivity index is 1.32. The Morgan fingerprint density at radius 1 is 0.875 bits per heavy atom. The second kappa shape index (κ2) is 9.13. The number of fused-ring (bicyclic) bond motifs is 1. The van der Waals surface area contributed by atoms with Gasteiger partial charge < -0.3 is 9.64 Å². The van der Waals surface area contributed by atoms with Crippen molar-refractivity contribution < 1.29 is 14.3 Å². The first kappa shape index (κ1) is 20.7. The lowest BCUT2D eigenvalue weighted by molar-refractivity contribution is 0.0664. The number of imide groups is 1. The number of benzene rings is 2. The summed E-state index contributed by atoms with van der Waals surface area (Å²) in [7, 11) is 0. The molecule has 0 radical (unpaired) electrons. The minimum Gasteiger partial charge on any atom is -0.378 e. The molecule has 1 saturated heterocycles. The van der Waals surface area contributed by atoms with Gasteiger partial charge in [0.15, 0.2) is 5.16 Å². The fraction of sp³-hybridized carbons (Fsp3) is 0.304. The second-order valence-corrected chi connectivity index (χ2v) is 8.67. The van der Waals surface area contributed by atoms with Crippen molar-refractivity contribution in [3.8, 4) is 0 Å². The van der Waals surface area contributed by atoms with E-state index in [0.717, 1.165) is 29.8 Å². The van der Waals surface area contributed by atoms with Gasteiger partial charge in [-0.05, 0) is 17.7 Å². The van der Waals surface area contributed by atoms with Crippen LogP contribution in [0.4, 0.5) is 5.95 Å². The molecule has 1 fully saturated rings. The van der Waals surface area contributed by atoms with Gasteiger partial charge in [-0.25, -0.2) is 0 Å². The molecule has 0 unspecified atom stereocenters. The van der Waals surface area contributed by atoms with Gasteiger partial charge in [0.05, 0.1) is 30.9 Å². The molecular weight excluding hydrogens is 426 g/mol. The number of hydrogen-bond donors (Lipinski definition) is 0. The molecule has 0 bridgehead atoms. The van der Waals surface area contributed by atoms with Crippen molar-refractivity contribution in [2.75, 3.05) is 43.5 Å². The van der Waals surface area contributed by atoms with Crippen molar-refractivity contribution in [2.24, 2.45) is 0 Å². The van der Waals surface area contributed by atoms with Gasteiger partial charge in [-0.3, -0.25) is 19.1 Å². The predicted octanol–water partition coefficient (Wildman–Crippen LogP) is 2.55. The molecule has 0 spiro atoms. The third-order valence-electron chi connectivity index (χ3n) is 5.60. The molecule has 5 rings (SSSR count). The molecule has 2 amide bonds. The summed E-state index contributed by atoms with van der Waals surface area (Å²) in [6, 6.07) is 17.2. The number of amides is 2. The number of morpholine rings is 1. The summed E-state index contributed by atoms with van der Waals surface area (Å²) < 4.78 is 7.59. The Kier molecular flexibility index (Phi) is 5.91. The summed E-state index contributed by atoms with van der Waals surface area (Å²) in [6.07, 6.45) is 0. The lowest BCUT2D eigenvalue weighted by Gasteiger charge is -2.28. The van der Waals surface area contributed by atoms with Gasteiger partial charge in [0.1, 0.15) is 0 Å². The van der Waals surface area contributed by atoms with Crippen LogP contribution in [0, 0.1) is 0 Å². The van der Waals surface area contributed by atoms with Crippen LogP contribution in [0.1, 0.15) is 26.3 Å². The largest absolute Gasteiger partial charge is 0.378 e. The molecule has 0 aliphatic carbocycles. The maximum atomic E-state index is 12.6. The van der Waals surface area contributed by atoms with Crippen LogP contribution in [0.3, 0.4) is 0 Å². The van der Waals surface area contributed by atoms with E-state index < -0.39 is 0 Å². The van der Waals surface area contributed by atoms with Crippen molar-refractivity contribution in [2.45, 2.75) is 11.7 Å². The minimum absolute atomic E-state index is 0.231. The number of aromatic nitrogens is 3. The third-order valence-corrected chi connectivity index (χ3v) is 6.55. The minimum atomic E-state index is -0.231. The van der Waals surface area contributed by atoms with Crippen molar-refractivity contribution in [1.29, 1.82) is 0 Å². The van der Waals surface area contributed by atoms with E-state index in [4.69, 9.17) is 4.74 Å². The number of rotatable bonds is 7. The van der Waals surface area contributed by atoms with Crippen molar-refractivity contribution in [3.63, 3.8) is 0 Å². The highest BCUT2D eigenvalue weighted by molar-refractivity contribution is 7.99. The normalized spacial score (nSPS) is 16.0. The number of anilines is 1. The average Bonchev–Trinajstić information content (AvgIpc) is 3.34. The van der Waals surface area contributed by atoms with Gasteiger partial charge in [0.2, 0.25) is 5.95 Å². The monoisotopic (exact) mass is 449 g/mol. The molecule has 3 heterocycles. The summed E-state index contributed by atoms with van der Waals surface area (Å²) in [5.74, 6) is 0.902. The first-order valence-corrected chi connectivity index (χ1v) is 11.6. The Morgan fingerprint density at radius 2 is 1.53 bits per heavy atom. The summed E-state index contributed by atoms with van der Waals surface area (Å²) in [6.45, 7) is 3.85. The zero-order chi connectivity index (χ0) is 21.9. The van der Waals surface area contributed by atoms with E-state index in [2.05, 4.69) is 31.8 Å². The molecule has 0 saturated carbocycles. The van der Waals surface area contributed by atoms with Crippen LogP contribution < -0.4 is 4.90 Å². The first-order chi connectivity index (χ1) is 15.7. The molecule has 0 N–H and O–H groups in total. The topological polar surface area (TPSA) is 80.6 Å². The van der Waals surface area contributed by atoms with Crippen molar-refractivity contribution in [1.82, 2.24) is 19.7 Å². The van der Waals surface area contributed by atoms with E-state index in [1.54, 1.807) is 24.3 Å². The molecule has 2 aromatic carbocycles. The Bertz CT molecular complexity index is 1090. The summed E-state index contributed by atoms with van der Waals surface area (Å²) in [5, 5.41) is 9.67. The molecule has 0 atom stereocenters. The molecule has 9 heteroatoms. The third kappa shape index (κ3) is 4.01. The highest BCUT2D eigenvalue weighted by atomic mass is 32.2. The zero-order valence-electron chi connectivity index (χ0n) is 17.5. The number of nitrogens with zero attached hydrogens (tertiary/aromatic N) is 5. The summed E-state index contributed by atoms with van der Waals surface area (Å²) in [5.41, 5.74) is 2.11. The van der Waals surface area contributed by atoms with Crippen LogP contribution in [0.2, 0.25) is 0 Å². The zero-order valence-corrected chi connectivity index (χ0v) is 18.3. The second-order valence-electron chi connectivity index (χ2n) is 7.61. The smallest absolute Gasteiger partial charge is 0.261 e. The van der Waals surface area contributed by atoms with E-state index >= 15 is 0 Å². The fourth-order valence-electron chi connectivity index (χ4n) is 3.96. The average molecular weight is 450 g/mol. The SMILES string of the molecule is O=C1c2ccccc2C(=O)N1CCSc1nnc(N2CCOCC2)n1Cc1ccccc1. The lowest BCUT2D eigenvalue weighted by atomic mass is 10.1. The summed E-state index contributed by atoms with van der Waals surface area (Å²) >= 11 is 1.51. The number of ether oxygens (including phenoxy) is 1. The van der Waals surface area contributed by atoms with E-state index in [0.29, 0.717) is 43.2 Å². The number of hydrogen-bond acceptors (Lipinski definition) is 7. The van der Waals surface area contributed by atoms with Gasteiger partial charge >= 0.3 is 0 Å². The molecule has 32 heavy (non-hydrogen) atoms. The van der Waals surface area contributed by atoms with Crippen molar-refractivity contribution >= 4 is 29.5 Å². The quantitative estimate of drug-likeness (QED) is 0.405. The van der Waals surface area contributed by atoms with Gasteiger partial charge in [-0.15, -0.1) is 10.2 Å². The molecular formula is C23H23N5O3S. The highest BCUT2D eigenvalue weighted by Gasteiger charge is 2.34. The Labute approximate surface area is 190 Å². The Hall–Kier alpha value is -3.17. The lowest BCUT2D eigenvalue weighted by Crippen LogP contribution is -2.38. The standard InChI is InChI=1S/C23H23N5O3S/c29-20-18-8-4-5-9-19(18)21(30)27(20)12-15-32-23-25-24-22(26-10-13-31-14-11-26)28(23)16-17-6-2-1-3-7-17/h1-9H,10-16H2. The van der Waals surface area contributed by atoms with Crippen LogP contribution >= 0.6 is 11.8 Å². The number of carbonyl (C=O) groups is 2. The van der Waals surface area contributed by atoms with Crippen LogP contribution in [-0.4, -0.2) is 70.1 Å². The van der Waals surface area contributed by atoms with Gasteiger partial charge in [-0.2, -0.15) is 0 Å². The maximum absolute atomic E-state index is 12.6.